The highest BCUT2D eigenvalue weighted by molar-refractivity contribution is 6.12. The van der Waals surface area contributed by atoms with Crippen molar-refractivity contribution in [3.63, 3.8) is 0 Å². The Labute approximate surface area is 271 Å². The number of rotatable bonds is 2. The Morgan fingerprint density at radius 3 is 1.09 bits per heavy atom. The highest BCUT2D eigenvalue weighted by atomic mass is 14.3. The molecule has 46 heavy (non-hydrogen) atoms. The standard InChI is InChI=1S/C46H36/c1-25-19-27(3)41(28(4)20-25)45-39-23-38-36-18-16-32-12-8-10-14-34(32)44(36)46(42-29(5)21-26(2)22-30(42)6)40(38)24-37(39)35-17-15-31-11-7-9-13-33(31)43(35)45/h7-24H,1-6H3. The summed E-state index contributed by atoms with van der Waals surface area (Å²) in [6, 6.07) is 41.6. The van der Waals surface area contributed by atoms with E-state index in [0.29, 0.717) is 0 Å². The summed E-state index contributed by atoms with van der Waals surface area (Å²) in [4.78, 5) is 0. The third kappa shape index (κ3) is 3.68. The molecule has 2 aliphatic rings. The molecule has 0 amide bonds. The summed E-state index contributed by atoms with van der Waals surface area (Å²) in [5.74, 6) is 0. The van der Waals surface area contributed by atoms with Crippen LogP contribution < -0.4 is 10.4 Å². The van der Waals surface area contributed by atoms with Gasteiger partial charge in [-0.3, -0.25) is 0 Å². The molecule has 0 heteroatoms. The molecule has 0 saturated carbocycles. The van der Waals surface area contributed by atoms with E-state index < -0.39 is 0 Å². The van der Waals surface area contributed by atoms with E-state index in [2.05, 4.69) is 151 Å². The summed E-state index contributed by atoms with van der Waals surface area (Å²) in [6.45, 7) is 13.6. The third-order valence-corrected chi connectivity index (χ3v) is 10.5. The minimum Gasteiger partial charge on any atom is -0.0616 e. The van der Waals surface area contributed by atoms with Gasteiger partial charge in [0.2, 0.25) is 0 Å². The van der Waals surface area contributed by atoms with Gasteiger partial charge in [-0.25, -0.2) is 0 Å². The summed E-state index contributed by atoms with van der Waals surface area (Å²) in [6.07, 6.45) is 0. The third-order valence-electron chi connectivity index (χ3n) is 10.5. The Morgan fingerprint density at radius 1 is 0.326 bits per heavy atom. The topological polar surface area (TPSA) is 0 Å². The fourth-order valence-electron chi connectivity index (χ4n) is 8.93. The van der Waals surface area contributed by atoms with E-state index >= 15 is 0 Å². The average molecular weight is 589 g/mol. The van der Waals surface area contributed by atoms with Crippen molar-refractivity contribution in [1.82, 2.24) is 0 Å². The smallest absolute Gasteiger partial charge is 0.00141 e. The van der Waals surface area contributed by atoms with E-state index in [1.807, 2.05) is 0 Å². The van der Waals surface area contributed by atoms with Crippen molar-refractivity contribution in [2.75, 3.05) is 0 Å². The predicted molar refractivity (Wildman–Crippen MR) is 196 cm³/mol. The second-order valence-electron chi connectivity index (χ2n) is 13.7. The molecule has 0 N–H and O–H groups in total. The largest absolute Gasteiger partial charge is 0.0616 e. The van der Waals surface area contributed by atoms with Gasteiger partial charge in [0.15, 0.2) is 0 Å². The van der Waals surface area contributed by atoms with Crippen molar-refractivity contribution in [2.24, 2.45) is 0 Å². The predicted octanol–water partition coefficient (Wildman–Crippen LogP) is 10.3. The molecule has 0 fully saturated rings. The van der Waals surface area contributed by atoms with Crippen molar-refractivity contribution in [3.05, 3.63) is 175 Å². The van der Waals surface area contributed by atoms with Gasteiger partial charge in [0, 0.05) is 0 Å². The molecule has 0 bridgehead atoms. The molecular weight excluding hydrogens is 553 g/mol. The quantitative estimate of drug-likeness (QED) is 0.188. The van der Waals surface area contributed by atoms with Crippen LogP contribution >= 0.6 is 0 Å². The summed E-state index contributed by atoms with van der Waals surface area (Å²) < 4.78 is 0. The highest BCUT2D eigenvalue weighted by Crippen LogP contribution is 2.46. The average Bonchev–Trinajstić information content (AvgIpc) is 3.52. The minimum absolute atomic E-state index is 1.29. The first-order chi connectivity index (χ1) is 22.3. The first-order valence-corrected chi connectivity index (χ1v) is 16.4. The Hall–Kier alpha value is -5.20. The molecule has 7 aromatic carbocycles. The lowest BCUT2D eigenvalue weighted by Crippen LogP contribution is -2.16. The minimum atomic E-state index is 1.29. The maximum atomic E-state index is 2.53. The van der Waals surface area contributed by atoms with E-state index in [1.165, 1.54) is 121 Å². The summed E-state index contributed by atoms with van der Waals surface area (Å²) in [5.41, 5.74) is 21.6. The number of hydrogen-bond acceptors (Lipinski definition) is 0. The lowest BCUT2D eigenvalue weighted by atomic mass is 9.87. The molecule has 0 heterocycles. The van der Waals surface area contributed by atoms with E-state index in [4.69, 9.17) is 0 Å². The molecule has 0 spiro atoms. The fraction of sp³-hybridized carbons (Fsp3) is 0.130. The van der Waals surface area contributed by atoms with Crippen molar-refractivity contribution in [1.29, 1.82) is 0 Å². The lowest BCUT2D eigenvalue weighted by molar-refractivity contribution is 1.28. The number of fused-ring (bicyclic) bond motifs is 10. The Kier molecular flexibility index (Phi) is 5.69. The molecule has 0 saturated heterocycles. The first kappa shape index (κ1) is 27.1. The van der Waals surface area contributed by atoms with E-state index in [9.17, 15) is 0 Å². The molecule has 2 aliphatic carbocycles. The Bertz CT molecular complexity index is 2400. The van der Waals surface area contributed by atoms with Gasteiger partial charge < -0.3 is 0 Å². The van der Waals surface area contributed by atoms with Gasteiger partial charge in [0.25, 0.3) is 0 Å². The molecule has 0 aromatic heterocycles. The van der Waals surface area contributed by atoms with Gasteiger partial charge in [0.05, 0.1) is 0 Å². The summed E-state index contributed by atoms with van der Waals surface area (Å²) >= 11 is 0. The van der Waals surface area contributed by atoms with Crippen LogP contribution in [0.3, 0.4) is 0 Å². The Balaban J connectivity index is 1.51. The molecule has 9 rings (SSSR count). The van der Waals surface area contributed by atoms with Crippen LogP contribution in [0.1, 0.15) is 55.6 Å². The van der Waals surface area contributed by atoms with Gasteiger partial charge in [-0.1, -0.05) is 108 Å². The highest BCUT2D eigenvalue weighted by Gasteiger charge is 2.30. The second kappa shape index (κ2) is 9.65. The molecule has 220 valence electrons. The molecule has 0 atom stereocenters. The van der Waals surface area contributed by atoms with E-state index in [-0.39, 0.29) is 0 Å². The second-order valence-corrected chi connectivity index (χ2v) is 13.7. The van der Waals surface area contributed by atoms with Crippen LogP contribution in [0.15, 0.2) is 109 Å². The molecule has 0 nitrogen and oxygen atoms in total. The van der Waals surface area contributed by atoms with Crippen LogP contribution in [0.5, 0.6) is 0 Å². The van der Waals surface area contributed by atoms with Crippen molar-refractivity contribution >= 4 is 32.7 Å². The number of aryl methyl sites for hydroxylation is 6. The first-order valence-electron chi connectivity index (χ1n) is 16.4. The molecule has 0 aliphatic heterocycles. The van der Waals surface area contributed by atoms with Crippen LogP contribution in [-0.4, -0.2) is 0 Å². The molecule has 0 unspecified atom stereocenters. The number of benzene rings is 7. The van der Waals surface area contributed by atoms with Crippen LogP contribution in [-0.2, 0) is 0 Å². The van der Waals surface area contributed by atoms with Crippen molar-refractivity contribution < 1.29 is 0 Å². The zero-order chi connectivity index (χ0) is 31.4. The monoisotopic (exact) mass is 588 g/mol. The van der Waals surface area contributed by atoms with Crippen molar-refractivity contribution in [3.8, 4) is 22.3 Å². The maximum absolute atomic E-state index is 2.53. The van der Waals surface area contributed by atoms with E-state index in [1.54, 1.807) is 0 Å². The van der Waals surface area contributed by atoms with Gasteiger partial charge in [-0.2, -0.15) is 0 Å². The SMILES string of the molecule is Cc1cc(C)c(C2=c3cc4c(cc3-c3ccc5ccccc5c32)=C(c2c(C)cc(C)cc2C)c2c-4ccc3ccccc23)c(C)c1. The zero-order valence-electron chi connectivity index (χ0n) is 27.4. The van der Waals surface area contributed by atoms with Crippen LogP contribution in [0.4, 0.5) is 0 Å². The van der Waals surface area contributed by atoms with Gasteiger partial charge in [-0.15, -0.1) is 0 Å². The zero-order valence-corrected chi connectivity index (χ0v) is 27.4. The molecule has 0 radical (unpaired) electrons. The summed E-state index contributed by atoms with van der Waals surface area (Å²) in [5, 5.41) is 7.92. The van der Waals surface area contributed by atoms with Crippen molar-refractivity contribution in [2.45, 2.75) is 41.5 Å². The fourth-order valence-corrected chi connectivity index (χ4v) is 8.93. The van der Waals surface area contributed by atoms with E-state index in [0.717, 1.165) is 0 Å². The molecular formula is C46H36. The van der Waals surface area contributed by atoms with Gasteiger partial charge >= 0.3 is 0 Å². The van der Waals surface area contributed by atoms with Crippen LogP contribution in [0.2, 0.25) is 0 Å². The Morgan fingerprint density at radius 2 is 0.696 bits per heavy atom. The number of hydrogen-bond donors (Lipinski definition) is 0. The maximum Gasteiger partial charge on any atom is -0.00141 e. The van der Waals surface area contributed by atoms with Gasteiger partial charge in [0.1, 0.15) is 0 Å². The summed E-state index contributed by atoms with van der Waals surface area (Å²) in [7, 11) is 0. The normalized spacial score (nSPS) is 12.9. The van der Waals surface area contributed by atoms with Gasteiger partial charge in [-0.05, 0) is 164 Å². The van der Waals surface area contributed by atoms with Crippen LogP contribution in [0, 0.1) is 41.5 Å². The lowest BCUT2D eigenvalue weighted by Gasteiger charge is -2.17. The molecule has 7 aromatic rings. The van der Waals surface area contributed by atoms with Crippen LogP contribution in [0.25, 0.3) is 54.9 Å².